The topological polar surface area (TPSA) is 68.5 Å². The van der Waals surface area contributed by atoms with E-state index in [0.717, 1.165) is 11.8 Å². The van der Waals surface area contributed by atoms with E-state index in [-0.39, 0.29) is 17.3 Å². The number of fused-ring (bicyclic) bond motifs is 1. The molecule has 0 spiro atoms. The van der Waals surface area contributed by atoms with Gasteiger partial charge in [-0.2, -0.15) is 4.99 Å². The van der Waals surface area contributed by atoms with Crippen LogP contribution in [0, 0.1) is 12.3 Å². The van der Waals surface area contributed by atoms with Gasteiger partial charge in [-0.15, -0.1) is 6.42 Å². The summed E-state index contributed by atoms with van der Waals surface area (Å²) < 4.78 is 25.9. The summed E-state index contributed by atoms with van der Waals surface area (Å²) in [6.07, 6.45) is 6.59. The molecule has 3 rings (SSSR count). The molecule has 1 aromatic heterocycles. The lowest BCUT2D eigenvalue weighted by Crippen LogP contribution is -2.16. The van der Waals surface area contributed by atoms with E-state index < -0.39 is 9.84 Å². The maximum Gasteiger partial charge on any atom is 0.279 e. The van der Waals surface area contributed by atoms with Crippen molar-refractivity contribution < 1.29 is 13.2 Å². The number of hydrogen-bond donors (Lipinski definition) is 0. The molecule has 0 aliphatic rings. The number of terminal acetylenes is 1. The number of hydrogen-bond acceptors (Lipinski definition) is 4. The van der Waals surface area contributed by atoms with Gasteiger partial charge < -0.3 is 4.57 Å². The van der Waals surface area contributed by atoms with Gasteiger partial charge in [-0.25, -0.2) is 8.42 Å². The molecule has 5 nitrogen and oxygen atoms in total. The molecule has 0 unspecified atom stereocenters. The van der Waals surface area contributed by atoms with Gasteiger partial charge in [-0.05, 0) is 30.3 Å². The van der Waals surface area contributed by atoms with Crippen LogP contribution in [0.2, 0.25) is 0 Å². The normalized spacial score (nSPS) is 12.2. The summed E-state index contributed by atoms with van der Waals surface area (Å²) in [7, 11) is -3.32. The highest BCUT2D eigenvalue weighted by Crippen LogP contribution is 2.22. The molecular formula is C18H14N2O3S2. The van der Waals surface area contributed by atoms with E-state index >= 15 is 0 Å². The van der Waals surface area contributed by atoms with Crippen LogP contribution in [0.25, 0.3) is 10.2 Å². The van der Waals surface area contributed by atoms with Crippen molar-refractivity contribution in [3.63, 3.8) is 0 Å². The summed E-state index contributed by atoms with van der Waals surface area (Å²) in [4.78, 5) is 17.2. The number of nitrogens with zero attached hydrogens (tertiary/aromatic N) is 2. The molecule has 0 radical (unpaired) electrons. The lowest BCUT2D eigenvalue weighted by molar-refractivity contribution is 0.0998. The van der Waals surface area contributed by atoms with Gasteiger partial charge in [0.15, 0.2) is 14.6 Å². The predicted octanol–water partition coefficient (Wildman–Crippen LogP) is 2.48. The minimum atomic E-state index is -3.32. The summed E-state index contributed by atoms with van der Waals surface area (Å²) in [6.45, 7) is 0.235. The van der Waals surface area contributed by atoms with Gasteiger partial charge in [-0.1, -0.05) is 35.5 Å². The average Bonchev–Trinajstić information content (AvgIpc) is 2.92. The minimum absolute atomic E-state index is 0.218. The molecule has 2 aromatic carbocycles. The number of benzene rings is 2. The molecule has 3 aromatic rings. The first-order chi connectivity index (χ1) is 11.9. The van der Waals surface area contributed by atoms with E-state index in [1.807, 2.05) is 6.07 Å². The maximum atomic E-state index is 12.4. The molecule has 0 aliphatic heterocycles. The standard InChI is InChI=1S/C18H14N2O3S2/c1-3-11-20-15-10-9-14(25(2,22)23)12-16(15)24-18(20)19-17(21)13-7-5-4-6-8-13/h1,4-10,12H,11H2,2H3. The summed E-state index contributed by atoms with van der Waals surface area (Å²) in [5.74, 6) is 2.17. The highest BCUT2D eigenvalue weighted by molar-refractivity contribution is 7.90. The zero-order valence-electron chi connectivity index (χ0n) is 13.3. The Morgan fingerprint density at radius 3 is 2.60 bits per heavy atom. The molecule has 0 saturated carbocycles. The summed E-state index contributed by atoms with van der Waals surface area (Å²) in [5, 5.41) is 0. The molecule has 25 heavy (non-hydrogen) atoms. The van der Waals surface area contributed by atoms with E-state index in [1.165, 1.54) is 17.4 Å². The number of sulfone groups is 1. The number of aromatic nitrogens is 1. The quantitative estimate of drug-likeness (QED) is 0.665. The van der Waals surface area contributed by atoms with Crippen LogP contribution in [0.4, 0.5) is 0 Å². The molecule has 126 valence electrons. The van der Waals surface area contributed by atoms with Crippen molar-refractivity contribution >= 4 is 37.3 Å². The second-order valence-corrected chi connectivity index (χ2v) is 8.38. The molecular weight excluding hydrogens is 356 g/mol. The van der Waals surface area contributed by atoms with Crippen LogP contribution in [0.5, 0.6) is 0 Å². The van der Waals surface area contributed by atoms with Crippen molar-refractivity contribution in [3.8, 4) is 12.3 Å². The van der Waals surface area contributed by atoms with Crippen LogP contribution in [-0.2, 0) is 16.4 Å². The minimum Gasteiger partial charge on any atom is -0.305 e. The second kappa shape index (κ2) is 6.67. The fourth-order valence-corrected chi connectivity index (χ4v) is 4.13. The maximum absolute atomic E-state index is 12.4. The Morgan fingerprint density at radius 2 is 1.96 bits per heavy atom. The first-order valence-corrected chi connectivity index (χ1v) is 10.0. The first-order valence-electron chi connectivity index (χ1n) is 7.31. The van der Waals surface area contributed by atoms with E-state index in [9.17, 15) is 13.2 Å². The monoisotopic (exact) mass is 370 g/mol. The van der Waals surface area contributed by atoms with Gasteiger partial charge >= 0.3 is 0 Å². The van der Waals surface area contributed by atoms with E-state index in [1.54, 1.807) is 41.0 Å². The van der Waals surface area contributed by atoms with E-state index in [4.69, 9.17) is 6.42 Å². The molecule has 0 atom stereocenters. The number of rotatable bonds is 3. The summed E-state index contributed by atoms with van der Waals surface area (Å²) >= 11 is 1.23. The second-order valence-electron chi connectivity index (χ2n) is 5.36. The molecule has 0 fully saturated rings. The Hall–Kier alpha value is -2.69. The molecule has 0 aliphatic carbocycles. The fraction of sp³-hybridized carbons (Fsp3) is 0.111. The zero-order valence-corrected chi connectivity index (χ0v) is 15.0. The lowest BCUT2D eigenvalue weighted by Gasteiger charge is -2.01. The van der Waals surface area contributed by atoms with E-state index in [0.29, 0.717) is 15.1 Å². The summed E-state index contributed by atoms with van der Waals surface area (Å²) in [5.41, 5.74) is 1.22. The molecule has 0 N–H and O–H groups in total. The average molecular weight is 370 g/mol. The lowest BCUT2D eigenvalue weighted by atomic mass is 10.2. The van der Waals surface area contributed by atoms with Crippen LogP contribution in [0.1, 0.15) is 10.4 Å². The molecule has 1 amide bonds. The van der Waals surface area contributed by atoms with E-state index in [2.05, 4.69) is 10.9 Å². The third kappa shape index (κ3) is 3.55. The highest BCUT2D eigenvalue weighted by atomic mass is 32.2. The Labute approximate surface area is 149 Å². The predicted molar refractivity (Wildman–Crippen MR) is 98.1 cm³/mol. The Balaban J connectivity index is 2.20. The van der Waals surface area contributed by atoms with Gasteiger partial charge in [0.25, 0.3) is 5.91 Å². The van der Waals surface area contributed by atoms with Crippen molar-refractivity contribution in [2.45, 2.75) is 11.4 Å². The number of carbonyl (C=O) groups is 1. The van der Waals surface area contributed by atoms with Gasteiger partial charge in [0.05, 0.1) is 21.7 Å². The van der Waals surface area contributed by atoms with Crippen molar-refractivity contribution in [1.82, 2.24) is 4.57 Å². The molecule has 0 saturated heterocycles. The van der Waals surface area contributed by atoms with Gasteiger partial charge in [-0.3, -0.25) is 4.79 Å². The summed E-state index contributed by atoms with van der Waals surface area (Å²) in [6, 6.07) is 13.5. The van der Waals surface area contributed by atoms with Crippen LogP contribution in [0.3, 0.4) is 0 Å². The van der Waals surface area contributed by atoms with Crippen molar-refractivity contribution in [1.29, 1.82) is 0 Å². The number of amides is 1. The third-order valence-electron chi connectivity index (χ3n) is 3.55. The Bertz CT molecular complexity index is 1160. The van der Waals surface area contributed by atoms with Gasteiger partial charge in [0, 0.05) is 11.8 Å². The van der Waals surface area contributed by atoms with Crippen LogP contribution < -0.4 is 4.80 Å². The van der Waals surface area contributed by atoms with Crippen LogP contribution in [-0.4, -0.2) is 25.1 Å². The smallest absolute Gasteiger partial charge is 0.279 e. The highest BCUT2D eigenvalue weighted by Gasteiger charge is 2.12. The van der Waals surface area contributed by atoms with Crippen molar-refractivity contribution in [2.24, 2.45) is 4.99 Å². The van der Waals surface area contributed by atoms with Crippen LogP contribution in [0.15, 0.2) is 58.4 Å². The Kier molecular flexibility index (Phi) is 4.57. The molecule has 1 heterocycles. The Morgan fingerprint density at radius 1 is 1.24 bits per heavy atom. The van der Waals surface area contributed by atoms with Gasteiger partial charge in [0.2, 0.25) is 0 Å². The van der Waals surface area contributed by atoms with Gasteiger partial charge in [0.1, 0.15) is 0 Å². The fourth-order valence-electron chi connectivity index (χ4n) is 2.35. The zero-order chi connectivity index (χ0) is 18.0. The first kappa shape index (κ1) is 17.1. The number of carbonyl (C=O) groups excluding carboxylic acids is 1. The van der Waals surface area contributed by atoms with Crippen LogP contribution >= 0.6 is 11.3 Å². The molecule has 0 bridgehead atoms. The van der Waals surface area contributed by atoms with Crippen molar-refractivity contribution in [3.05, 3.63) is 58.9 Å². The number of thiazole rings is 1. The third-order valence-corrected chi connectivity index (χ3v) is 5.70. The SMILES string of the molecule is C#CCn1c(=NC(=O)c2ccccc2)sc2cc(S(C)(=O)=O)ccc21. The largest absolute Gasteiger partial charge is 0.305 e. The molecule has 7 heteroatoms. The van der Waals surface area contributed by atoms with Crippen molar-refractivity contribution in [2.75, 3.05) is 6.26 Å².